The zero-order chi connectivity index (χ0) is 13.9. The number of carboxylic acid groups (broad SMARTS) is 1. The van der Waals surface area contributed by atoms with E-state index in [0.29, 0.717) is 6.61 Å². The first kappa shape index (κ1) is 14.3. The van der Waals surface area contributed by atoms with Crippen molar-refractivity contribution >= 4 is 11.9 Å². The predicted molar refractivity (Wildman–Crippen MR) is 68.7 cm³/mol. The molecule has 2 rings (SSSR count). The van der Waals surface area contributed by atoms with Crippen molar-refractivity contribution < 1.29 is 19.4 Å². The molecule has 0 aromatic carbocycles. The van der Waals surface area contributed by atoms with Crippen LogP contribution >= 0.6 is 0 Å². The standard InChI is InChI=1S/C13H22N2O4/c1-2-13(3-5-14-6-4-13)12(18)15-10-8-19-7-9(10)11(16)17/h9-10,14H,2-8H2,1H3,(H,15,18)(H,16,17). The Hall–Kier alpha value is -1.14. The zero-order valence-corrected chi connectivity index (χ0v) is 11.3. The number of amides is 1. The van der Waals surface area contributed by atoms with Gasteiger partial charge in [0.25, 0.3) is 0 Å². The molecular formula is C13H22N2O4. The van der Waals surface area contributed by atoms with Crippen LogP contribution in [0, 0.1) is 11.3 Å². The number of aliphatic carboxylic acids is 1. The lowest BCUT2D eigenvalue weighted by Crippen LogP contribution is -2.52. The third-order valence-electron chi connectivity index (χ3n) is 4.43. The summed E-state index contributed by atoms with van der Waals surface area (Å²) in [6, 6.07) is -0.400. The monoisotopic (exact) mass is 270 g/mol. The molecule has 0 aromatic rings. The van der Waals surface area contributed by atoms with E-state index in [1.165, 1.54) is 0 Å². The summed E-state index contributed by atoms with van der Waals surface area (Å²) in [5, 5.41) is 15.2. The van der Waals surface area contributed by atoms with E-state index in [2.05, 4.69) is 10.6 Å². The molecule has 2 aliphatic rings. The van der Waals surface area contributed by atoms with Gasteiger partial charge >= 0.3 is 5.97 Å². The second kappa shape index (κ2) is 5.88. The van der Waals surface area contributed by atoms with Gasteiger partial charge in [-0.2, -0.15) is 0 Å². The van der Waals surface area contributed by atoms with Crippen LogP contribution in [-0.2, 0) is 14.3 Å². The second-order valence-electron chi connectivity index (χ2n) is 5.45. The van der Waals surface area contributed by atoms with Gasteiger partial charge in [0.15, 0.2) is 0 Å². The molecule has 6 heteroatoms. The fraction of sp³-hybridized carbons (Fsp3) is 0.846. The van der Waals surface area contributed by atoms with E-state index in [0.717, 1.165) is 32.4 Å². The molecule has 108 valence electrons. The highest BCUT2D eigenvalue weighted by Gasteiger charge is 2.42. The van der Waals surface area contributed by atoms with Crippen molar-refractivity contribution in [1.29, 1.82) is 0 Å². The summed E-state index contributed by atoms with van der Waals surface area (Å²) in [5.74, 6) is -1.54. The number of carbonyl (C=O) groups is 2. The maximum atomic E-state index is 12.5. The van der Waals surface area contributed by atoms with Gasteiger partial charge in [-0.25, -0.2) is 0 Å². The predicted octanol–water partition coefficient (Wildman–Crippen LogP) is -0.0180. The number of carbonyl (C=O) groups excluding carboxylic acids is 1. The number of hydrogen-bond donors (Lipinski definition) is 3. The highest BCUT2D eigenvalue weighted by molar-refractivity contribution is 5.84. The molecule has 0 bridgehead atoms. The molecule has 2 atom stereocenters. The third-order valence-corrected chi connectivity index (χ3v) is 4.43. The van der Waals surface area contributed by atoms with Gasteiger partial charge in [0.1, 0.15) is 5.92 Å². The zero-order valence-electron chi connectivity index (χ0n) is 11.3. The smallest absolute Gasteiger partial charge is 0.311 e. The number of hydrogen-bond acceptors (Lipinski definition) is 4. The molecule has 2 aliphatic heterocycles. The third kappa shape index (κ3) is 2.90. The Morgan fingerprint density at radius 1 is 1.37 bits per heavy atom. The Morgan fingerprint density at radius 3 is 2.63 bits per heavy atom. The highest BCUT2D eigenvalue weighted by atomic mass is 16.5. The molecule has 3 N–H and O–H groups in total. The number of carboxylic acids is 1. The Morgan fingerprint density at radius 2 is 2.05 bits per heavy atom. The molecule has 2 fully saturated rings. The van der Waals surface area contributed by atoms with Crippen molar-refractivity contribution in [1.82, 2.24) is 10.6 Å². The van der Waals surface area contributed by atoms with Gasteiger partial charge in [-0.3, -0.25) is 9.59 Å². The minimum absolute atomic E-state index is 0.0155. The van der Waals surface area contributed by atoms with Crippen LogP contribution in [0.25, 0.3) is 0 Å². The first-order valence-electron chi connectivity index (χ1n) is 6.91. The van der Waals surface area contributed by atoms with E-state index in [1.54, 1.807) is 0 Å². The van der Waals surface area contributed by atoms with Gasteiger partial charge in [0.05, 0.1) is 24.7 Å². The summed E-state index contributed by atoms with van der Waals surface area (Å²) in [6.45, 7) is 4.17. The van der Waals surface area contributed by atoms with Gasteiger partial charge < -0.3 is 20.5 Å². The molecule has 0 spiro atoms. The second-order valence-corrected chi connectivity index (χ2v) is 5.45. The summed E-state index contributed by atoms with van der Waals surface area (Å²) in [6.07, 6.45) is 2.40. The molecule has 0 radical (unpaired) electrons. The molecule has 6 nitrogen and oxygen atoms in total. The molecule has 19 heavy (non-hydrogen) atoms. The minimum Gasteiger partial charge on any atom is -0.481 e. The summed E-state index contributed by atoms with van der Waals surface area (Å²) in [5.41, 5.74) is -0.350. The van der Waals surface area contributed by atoms with Crippen LogP contribution in [0.1, 0.15) is 26.2 Å². The van der Waals surface area contributed by atoms with Crippen LogP contribution in [0.15, 0.2) is 0 Å². The number of rotatable bonds is 4. The molecule has 0 saturated carbocycles. The first-order valence-corrected chi connectivity index (χ1v) is 6.91. The van der Waals surface area contributed by atoms with Crippen molar-refractivity contribution in [2.75, 3.05) is 26.3 Å². The SMILES string of the molecule is CCC1(C(=O)NC2COCC2C(=O)O)CCNCC1. The van der Waals surface area contributed by atoms with Crippen LogP contribution in [0.2, 0.25) is 0 Å². The van der Waals surface area contributed by atoms with E-state index in [4.69, 9.17) is 9.84 Å². The quantitative estimate of drug-likeness (QED) is 0.668. The summed E-state index contributed by atoms with van der Waals surface area (Å²) in [7, 11) is 0. The van der Waals surface area contributed by atoms with Crippen LogP contribution in [0.3, 0.4) is 0 Å². The molecular weight excluding hydrogens is 248 g/mol. The fourth-order valence-electron chi connectivity index (χ4n) is 2.91. The fourth-order valence-corrected chi connectivity index (χ4v) is 2.91. The number of piperidine rings is 1. The lowest BCUT2D eigenvalue weighted by molar-refractivity contribution is -0.142. The first-order chi connectivity index (χ1) is 9.09. The Balaban J connectivity index is 2.01. The Labute approximate surface area is 112 Å². The molecule has 1 amide bonds. The van der Waals surface area contributed by atoms with E-state index in [1.807, 2.05) is 6.92 Å². The van der Waals surface area contributed by atoms with E-state index in [9.17, 15) is 9.59 Å². The van der Waals surface area contributed by atoms with Gasteiger partial charge in [-0.15, -0.1) is 0 Å². The van der Waals surface area contributed by atoms with Crippen molar-refractivity contribution in [2.24, 2.45) is 11.3 Å². The van der Waals surface area contributed by atoms with Crippen molar-refractivity contribution in [3.8, 4) is 0 Å². The van der Waals surface area contributed by atoms with Crippen molar-refractivity contribution in [3.63, 3.8) is 0 Å². The van der Waals surface area contributed by atoms with Crippen LogP contribution in [-0.4, -0.2) is 49.3 Å². The van der Waals surface area contributed by atoms with E-state index >= 15 is 0 Å². The minimum atomic E-state index is -0.904. The maximum absolute atomic E-state index is 12.5. The lowest BCUT2D eigenvalue weighted by Gasteiger charge is -2.36. The van der Waals surface area contributed by atoms with Gasteiger partial charge in [0.2, 0.25) is 5.91 Å². The summed E-state index contributed by atoms with van der Waals surface area (Å²) >= 11 is 0. The van der Waals surface area contributed by atoms with E-state index < -0.39 is 17.9 Å². The average molecular weight is 270 g/mol. The van der Waals surface area contributed by atoms with Gasteiger partial charge in [-0.05, 0) is 32.4 Å². The maximum Gasteiger partial charge on any atom is 0.311 e. The summed E-state index contributed by atoms with van der Waals surface area (Å²) < 4.78 is 5.18. The summed E-state index contributed by atoms with van der Waals surface area (Å²) in [4.78, 5) is 23.6. The number of nitrogens with one attached hydrogen (secondary N) is 2. The Kier molecular flexibility index (Phi) is 4.42. The molecule has 0 aliphatic carbocycles. The van der Waals surface area contributed by atoms with Crippen molar-refractivity contribution in [2.45, 2.75) is 32.2 Å². The normalized spacial score (nSPS) is 29.9. The van der Waals surface area contributed by atoms with Crippen molar-refractivity contribution in [3.05, 3.63) is 0 Å². The molecule has 0 aromatic heterocycles. The number of ether oxygens (including phenoxy) is 1. The molecule has 2 heterocycles. The molecule has 2 unspecified atom stereocenters. The van der Waals surface area contributed by atoms with Crippen LogP contribution < -0.4 is 10.6 Å². The topological polar surface area (TPSA) is 87.7 Å². The van der Waals surface area contributed by atoms with Gasteiger partial charge in [-0.1, -0.05) is 6.92 Å². The van der Waals surface area contributed by atoms with Gasteiger partial charge in [0, 0.05) is 0 Å². The van der Waals surface area contributed by atoms with Crippen LogP contribution in [0.5, 0.6) is 0 Å². The lowest BCUT2D eigenvalue weighted by atomic mass is 9.75. The largest absolute Gasteiger partial charge is 0.481 e. The Bertz CT molecular complexity index is 353. The van der Waals surface area contributed by atoms with Crippen LogP contribution in [0.4, 0.5) is 0 Å². The van der Waals surface area contributed by atoms with E-state index in [-0.39, 0.29) is 17.9 Å². The highest BCUT2D eigenvalue weighted by Crippen LogP contribution is 2.33. The molecule has 2 saturated heterocycles. The average Bonchev–Trinajstić information content (AvgIpc) is 2.87.